The van der Waals surface area contributed by atoms with Crippen LogP contribution in [0.5, 0.6) is 0 Å². The average Bonchev–Trinajstić information content (AvgIpc) is 2.55. The second-order valence-electron chi connectivity index (χ2n) is 8.55. The fraction of sp³-hybridized carbons (Fsp3) is 0.895. The van der Waals surface area contributed by atoms with Crippen LogP contribution in [0.1, 0.15) is 60.3 Å². The van der Waals surface area contributed by atoms with E-state index in [9.17, 15) is 18.9 Å². The van der Waals surface area contributed by atoms with Gasteiger partial charge in [0.2, 0.25) is 0 Å². The van der Waals surface area contributed by atoms with Gasteiger partial charge in [-0.1, -0.05) is 34.3 Å². The number of aliphatic hydroxyl groups is 1. The van der Waals surface area contributed by atoms with Crippen molar-refractivity contribution in [3.05, 3.63) is 12.3 Å². The monoisotopic (exact) mass is 475 g/mol. The van der Waals surface area contributed by atoms with Crippen molar-refractivity contribution in [1.29, 1.82) is 0 Å². The van der Waals surface area contributed by atoms with Gasteiger partial charge in [-0.05, 0) is 46.7 Å². The Hall–Kier alpha value is -0.240. The maximum Gasteiger partial charge on any atom is 0.328 e. The Kier molecular flexibility index (Phi) is 14.9. The molecule has 0 spiro atoms. The maximum atomic E-state index is 11.4. The number of nitrogens with zero attached hydrogens (tertiary/aromatic N) is 1. The van der Waals surface area contributed by atoms with Crippen LogP contribution in [-0.2, 0) is 13.9 Å². The van der Waals surface area contributed by atoms with Gasteiger partial charge in [0.1, 0.15) is 6.61 Å². The topological polar surface area (TPSA) is 148 Å². The number of rotatable bonds is 13. The Bertz CT molecular complexity index is 583. The molecule has 0 aromatic rings. The van der Waals surface area contributed by atoms with Crippen molar-refractivity contribution in [3.8, 4) is 0 Å². The molecule has 0 amide bonds. The summed E-state index contributed by atoms with van der Waals surface area (Å²) >= 11 is 0. The van der Waals surface area contributed by atoms with Crippen LogP contribution in [0, 0.1) is 5.41 Å². The highest BCUT2D eigenvalue weighted by atomic mass is 31.2. The average molecular weight is 476 g/mol. The predicted octanol–water partition coefficient (Wildman–Crippen LogP) is 3.16. The van der Waals surface area contributed by atoms with E-state index in [1.807, 2.05) is 32.8 Å². The van der Waals surface area contributed by atoms with E-state index in [-0.39, 0.29) is 6.42 Å². The third-order valence-corrected chi connectivity index (χ3v) is 7.85. The standard InChI is InChI=1S/C13H28NO4P.C6H15O4P/c1-7-12(19(15,16)17)10-13(3,4)11(2)18-9-8-14(5)6;1-3-6(4-5(2)7)11(8,9)10/h12H,2,7-10H2,1,3-6H3,(H2,15,16,17);5-7H,3-4H2,1-2H3,(H2,8,9,10). The van der Waals surface area contributed by atoms with Crippen molar-refractivity contribution in [1.82, 2.24) is 4.90 Å². The quantitative estimate of drug-likeness (QED) is 0.200. The first kappa shape index (κ1) is 31.9. The van der Waals surface area contributed by atoms with Gasteiger partial charge in [0.25, 0.3) is 0 Å². The zero-order valence-corrected chi connectivity index (χ0v) is 21.3. The number of allylic oxidation sites excluding steroid dienone is 1. The van der Waals surface area contributed by atoms with Gasteiger partial charge in [-0.3, -0.25) is 9.13 Å². The van der Waals surface area contributed by atoms with Crippen LogP contribution in [0.15, 0.2) is 12.3 Å². The van der Waals surface area contributed by atoms with E-state index in [4.69, 9.17) is 19.6 Å². The Labute approximate surface area is 181 Å². The van der Waals surface area contributed by atoms with E-state index >= 15 is 0 Å². The molecule has 0 bridgehead atoms. The lowest BCUT2D eigenvalue weighted by molar-refractivity contribution is 0.123. The largest absolute Gasteiger partial charge is 0.497 e. The Morgan fingerprint density at radius 1 is 1.03 bits per heavy atom. The van der Waals surface area contributed by atoms with Crippen molar-refractivity contribution < 1.29 is 38.5 Å². The van der Waals surface area contributed by atoms with Gasteiger partial charge in [-0.15, -0.1) is 0 Å². The predicted molar refractivity (Wildman–Crippen MR) is 121 cm³/mol. The third-order valence-electron chi connectivity index (χ3n) is 4.82. The van der Waals surface area contributed by atoms with Gasteiger partial charge in [0.15, 0.2) is 0 Å². The van der Waals surface area contributed by atoms with Crippen LogP contribution in [-0.4, -0.2) is 74.2 Å². The minimum absolute atomic E-state index is 0.167. The van der Waals surface area contributed by atoms with Crippen molar-refractivity contribution in [2.45, 2.75) is 77.7 Å². The maximum absolute atomic E-state index is 11.4. The lowest BCUT2D eigenvalue weighted by atomic mass is 9.85. The van der Waals surface area contributed by atoms with Crippen molar-refractivity contribution in [2.75, 3.05) is 27.2 Å². The summed E-state index contributed by atoms with van der Waals surface area (Å²) in [4.78, 5) is 38.1. The van der Waals surface area contributed by atoms with Gasteiger partial charge < -0.3 is 34.3 Å². The van der Waals surface area contributed by atoms with E-state index in [0.29, 0.717) is 31.6 Å². The van der Waals surface area contributed by atoms with Crippen molar-refractivity contribution in [3.63, 3.8) is 0 Å². The van der Waals surface area contributed by atoms with E-state index < -0.39 is 38.0 Å². The fourth-order valence-corrected chi connectivity index (χ4v) is 4.91. The molecule has 11 heteroatoms. The Morgan fingerprint density at radius 2 is 1.47 bits per heavy atom. The highest BCUT2D eigenvalue weighted by Crippen LogP contribution is 2.49. The molecule has 0 heterocycles. The van der Waals surface area contributed by atoms with E-state index in [1.54, 1.807) is 13.8 Å². The van der Waals surface area contributed by atoms with Gasteiger partial charge in [-0.2, -0.15) is 0 Å². The smallest absolute Gasteiger partial charge is 0.328 e. The van der Waals surface area contributed by atoms with Crippen LogP contribution in [0.2, 0.25) is 0 Å². The number of hydrogen-bond donors (Lipinski definition) is 5. The summed E-state index contributed by atoms with van der Waals surface area (Å²) in [6.45, 7) is 14.0. The molecule has 182 valence electrons. The zero-order chi connectivity index (χ0) is 24.3. The molecule has 30 heavy (non-hydrogen) atoms. The molecular weight excluding hydrogens is 432 g/mol. The van der Waals surface area contributed by atoms with Crippen molar-refractivity contribution in [2.24, 2.45) is 5.41 Å². The molecule has 0 aliphatic rings. The molecule has 0 radical (unpaired) electrons. The molecule has 0 rings (SSSR count). The van der Waals surface area contributed by atoms with Gasteiger partial charge >= 0.3 is 15.2 Å². The number of likely N-dealkylation sites (N-methyl/N-ethyl adjacent to an activating group) is 1. The number of aliphatic hydroxyl groups excluding tert-OH is 1. The summed E-state index contributed by atoms with van der Waals surface area (Å²) in [5, 5.41) is 8.87. The number of hydrogen-bond acceptors (Lipinski definition) is 5. The zero-order valence-electron chi connectivity index (χ0n) is 19.5. The summed E-state index contributed by atoms with van der Waals surface area (Å²) in [5.74, 6) is 0.584. The SMILES string of the molecule is C=C(OCCN(C)C)C(C)(C)CC(CC)P(=O)(O)O.CCC(CC(C)O)P(=O)(O)O. The van der Waals surface area contributed by atoms with Crippen molar-refractivity contribution >= 4 is 15.2 Å². The lowest BCUT2D eigenvalue weighted by Crippen LogP contribution is -2.25. The first-order valence-corrected chi connectivity index (χ1v) is 13.5. The molecule has 3 atom stereocenters. The summed E-state index contributed by atoms with van der Waals surface area (Å²) in [6, 6.07) is 0. The minimum atomic E-state index is -4.06. The number of ether oxygens (including phenoxy) is 1. The van der Waals surface area contributed by atoms with Gasteiger partial charge in [0, 0.05) is 12.0 Å². The van der Waals surface area contributed by atoms with Gasteiger partial charge in [-0.25, -0.2) is 0 Å². The highest BCUT2D eigenvalue weighted by Gasteiger charge is 2.35. The highest BCUT2D eigenvalue weighted by molar-refractivity contribution is 7.52. The van der Waals surface area contributed by atoms with Crippen LogP contribution < -0.4 is 0 Å². The second kappa shape index (κ2) is 14.0. The Morgan fingerprint density at radius 3 is 1.73 bits per heavy atom. The summed E-state index contributed by atoms with van der Waals surface area (Å²) in [5.41, 5.74) is -1.78. The molecule has 9 nitrogen and oxygen atoms in total. The molecule has 0 saturated heterocycles. The van der Waals surface area contributed by atoms with Gasteiger partial charge in [0.05, 0.1) is 23.2 Å². The summed E-state index contributed by atoms with van der Waals surface area (Å²) in [6.07, 6.45) is 0.732. The third kappa shape index (κ3) is 14.7. The molecular formula is C19H43NO8P2. The first-order chi connectivity index (χ1) is 13.4. The minimum Gasteiger partial charge on any atom is -0.497 e. The molecule has 0 aromatic carbocycles. The molecule has 3 unspecified atom stereocenters. The first-order valence-electron chi connectivity index (χ1n) is 10.1. The van der Waals surface area contributed by atoms with E-state index in [1.165, 1.54) is 6.92 Å². The molecule has 0 aliphatic heterocycles. The van der Waals surface area contributed by atoms with E-state index in [2.05, 4.69) is 6.58 Å². The molecule has 0 aromatic heterocycles. The van der Waals surface area contributed by atoms with E-state index in [0.717, 1.165) is 6.54 Å². The van der Waals surface area contributed by atoms with Crippen LogP contribution in [0.4, 0.5) is 0 Å². The summed E-state index contributed by atoms with van der Waals surface area (Å²) in [7, 11) is -4.14. The molecule has 0 saturated carbocycles. The fourth-order valence-electron chi connectivity index (χ4n) is 2.69. The van der Waals surface area contributed by atoms with Crippen LogP contribution in [0.25, 0.3) is 0 Å². The molecule has 0 fully saturated rings. The van der Waals surface area contributed by atoms with Crippen LogP contribution in [0.3, 0.4) is 0 Å². The lowest BCUT2D eigenvalue weighted by Gasteiger charge is -2.31. The Balaban J connectivity index is 0. The summed E-state index contributed by atoms with van der Waals surface area (Å²) < 4.78 is 27.7. The normalized spacial score (nSPS) is 15.8. The molecule has 0 aliphatic carbocycles. The molecule has 5 N–H and O–H groups in total. The van der Waals surface area contributed by atoms with Crippen LogP contribution >= 0.6 is 15.2 Å². The second-order valence-corrected chi connectivity index (χ2v) is 12.4.